The summed E-state index contributed by atoms with van der Waals surface area (Å²) in [5.74, 6) is 0.122. The standard InChI is InChI=1S/C26H26N4O3S/c1-14-8-9-17(15(2)13-14)29-24(31)19-16(3)28-25-21(20(19)18-7-6-12-33-18)22(27)23(34-25)26(32)30-10-4-5-11-30/h6-9,12-13H,4-5,10-11,27H2,1-3H3,(H,29,31). The number of carbonyl (C=O) groups excluding carboxylic acids is 2. The predicted octanol–water partition coefficient (Wildman–Crippen LogP) is 5.55. The van der Waals surface area contributed by atoms with Crippen LogP contribution in [0.4, 0.5) is 11.4 Å². The molecule has 3 aromatic heterocycles. The van der Waals surface area contributed by atoms with Crippen LogP contribution in [0.2, 0.25) is 0 Å². The van der Waals surface area contributed by atoms with E-state index in [4.69, 9.17) is 15.1 Å². The second-order valence-corrected chi connectivity index (χ2v) is 9.72. The number of anilines is 2. The maximum Gasteiger partial charge on any atom is 0.266 e. The SMILES string of the molecule is Cc1ccc(NC(=O)c2c(C)nc3sc(C(=O)N4CCCC4)c(N)c3c2-c2ccco2)c(C)c1. The van der Waals surface area contributed by atoms with Gasteiger partial charge in [-0.25, -0.2) is 4.98 Å². The Morgan fingerprint density at radius 2 is 1.91 bits per heavy atom. The Hall–Kier alpha value is -3.65. The Labute approximate surface area is 201 Å². The number of fused-ring (bicyclic) bond motifs is 1. The summed E-state index contributed by atoms with van der Waals surface area (Å²) in [5, 5.41) is 3.60. The van der Waals surface area contributed by atoms with Gasteiger partial charge in [-0.3, -0.25) is 9.59 Å². The molecule has 1 aromatic carbocycles. The summed E-state index contributed by atoms with van der Waals surface area (Å²) >= 11 is 1.27. The van der Waals surface area contributed by atoms with Gasteiger partial charge >= 0.3 is 0 Å². The Kier molecular flexibility index (Phi) is 5.61. The molecule has 0 saturated carbocycles. The molecular weight excluding hydrogens is 448 g/mol. The Bertz CT molecular complexity index is 1420. The van der Waals surface area contributed by atoms with Crippen LogP contribution in [0.15, 0.2) is 41.0 Å². The number of furan rings is 1. The van der Waals surface area contributed by atoms with E-state index in [1.807, 2.05) is 36.9 Å². The number of pyridine rings is 1. The molecule has 4 aromatic rings. The molecule has 1 aliphatic heterocycles. The lowest BCUT2D eigenvalue weighted by molar-refractivity contribution is 0.0798. The first-order chi connectivity index (χ1) is 16.3. The zero-order valence-corrected chi connectivity index (χ0v) is 20.2. The smallest absolute Gasteiger partial charge is 0.266 e. The van der Waals surface area contributed by atoms with Crippen molar-refractivity contribution in [1.29, 1.82) is 0 Å². The van der Waals surface area contributed by atoms with Crippen LogP contribution in [-0.4, -0.2) is 34.8 Å². The van der Waals surface area contributed by atoms with Crippen molar-refractivity contribution in [1.82, 2.24) is 9.88 Å². The second-order valence-electron chi connectivity index (χ2n) is 8.72. The third kappa shape index (κ3) is 3.74. The number of likely N-dealkylation sites (tertiary alicyclic amines) is 1. The number of nitrogens with one attached hydrogen (secondary N) is 1. The van der Waals surface area contributed by atoms with Gasteiger partial charge in [0.25, 0.3) is 11.8 Å². The fourth-order valence-corrected chi connectivity index (χ4v) is 5.69. The van der Waals surface area contributed by atoms with Crippen molar-refractivity contribution < 1.29 is 14.0 Å². The van der Waals surface area contributed by atoms with Crippen molar-refractivity contribution in [2.45, 2.75) is 33.6 Å². The van der Waals surface area contributed by atoms with Crippen LogP contribution in [0.5, 0.6) is 0 Å². The number of nitrogens with zero attached hydrogens (tertiary/aromatic N) is 2. The minimum atomic E-state index is -0.303. The van der Waals surface area contributed by atoms with Crippen LogP contribution in [0.25, 0.3) is 21.5 Å². The highest BCUT2D eigenvalue weighted by Crippen LogP contribution is 2.43. The predicted molar refractivity (Wildman–Crippen MR) is 135 cm³/mol. The van der Waals surface area contributed by atoms with E-state index in [0.29, 0.717) is 43.4 Å². The summed E-state index contributed by atoms with van der Waals surface area (Å²) in [6, 6.07) is 9.42. The maximum absolute atomic E-state index is 13.6. The van der Waals surface area contributed by atoms with Crippen molar-refractivity contribution in [3.63, 3.8) is 0 Å². The largest absolute Gasteiger partial charge is 0.464 e. The molecule has 0 aliphatic carbocycles. The highest BCUT2D eigenvalue weighted by atomic mass is 32.1. The molecule has 7 nitrogen and oxygen atoms in total. The van der Waals surface area contributed by atoms with Gasteiger partial charge in [0.05, 0.1) is 23.2 Å². The summed E-state index contributed by atoms with van der Waals surface area (Å²) in [6.07, 6.45) is 3.55. The molecule has 4 heterocycles. The van der Waals surface area contributed by atoms with Crippen LogP contribution < -0.4 is 11.1 Å². The first-order valence-corrected chi connectivity index (χ1v) is 12.1. The van der Waals surface area contributed by atoms with E-state index < -0.39 is 0 Å². The molecule has 8 heteroatoms. The quantitative estimate of drug-likeness (QED) is 0.404. The number of thiophene rings is 1. The number of nitrogen functional groups attached to an aromatic ring is 1. The number of nitrogens with two attached hydrogens (primary N) is 1. The summed E-state index contributed by atoms with van der Waals surface area (Å²) in [7, 11) is 0. The highest BCUT2D eigenvalue weighted by Gasteiger charge is 2.30. The normalized spacial score (nSPS) is 13.6. The zero-order chi connectivity index (χ0) is 24.0. The molecule has 0 atom stereocenters. The van der Waals surface area contributed by atoms with E-state index in [1.165, 1.54) is 11.3 Å². The molecular formula is C26H26N4O3S. The average molecular weight is 475 g/mol. The van der Waals surface area contributed by atoms with Gasteiger partial charge in [-0.15, -0.1) is 11.3 Å². The Morgan fingerprint density at radius 3 is 2.59 bits per heavy atom. The van der Waals surface area contributed by atoms with Gasteiger partial charge in [-0.05, 0) is 57.4 Å². The molecule has 0 bridgehead atoms. The lowest BCUT2D eigenvalue weighted by Gasteiger charge is -2.15. The van der Waals surface area contributed by atoms with Crippen LogP contribution in [-0.2, 0) is 0 Å². The van der Waals surface area contributed by atoms with Crippen molar-refractivity contribution in [3.05, 3.63) is 63.9 Å². The van der Waals surface area contributed by atoms with Crippen molar-refractivity contribution in [2.75, 3.05) is 24.1 Å². The molecule has 1 fully saturated rings. The lowest BCUT2D eigenvalue weighted by Crippen LogP contribution is -2.27. The summed E-state index contributed by atoms with van der Waals surface area (Å²) in [4.78, 5) is 34.4. The van der Waals surface area contributed by atoms with E-state index in [0.717, 1.165) is 42.7 Å². The molecule has 0 spiro atoms. The van der Waals surface area contributed by atoms with Gasteiger partial charge in [0.15, 0.2) is 0 Å². The number of rotatable bonds is 4. The lowest BCUT2D eigenvalue weighted by atomic mass is 9.99. The van der Waals surface area contributed by atoms with E-state index in [9.17, 15) is 9.59 Å². The fraction of sp³-hybridized carbons (Fsp3) is 0.269. The monoisotopic (exact) mass is 474 g/mol. The number of aromatic nitrogens is 1. The van der Waals surface area contributed by atoms with Crippen molar-refractivity contribution in [3.8, 4) is 11.3 Å². The summed E-state index contributed by atoms with van der Waals surface area (Å²) in [5.41, 5.74) is 11.2. The fourth-order valence-electron chi connectivity index (χ4n) is 4.57. The van der Waals surface area contributed by atoms with Gasteiger partial charge in [0.1, 0.15) is 15.5 Å². The number of amides is 2. The van der Waals surface area contributed by atoms with Crippen LogP contribution >= 0.6 is 11.3 Å². The third-order valence-electron chi connectivity index (χ3n) is 6.27. The molecule has 1 aliphatic rings. The Balaban J connectivity index is 1.68. The molecule has 3 N–H and O–H groups in total. The molecule has 34 heavy (non-hydrogen) atoms. The van der Waals surface area contributed by atoms with Gasteiger partial charge in [-0.2, -0.15) is 0 Å². The van der Waals surface area contributed by atoms with Crippen LogP contribution in [0.1, 0.15) is 49.7 Å². The highest BCUT2D eigenvalue weighted by molar-refractivity contribution is 7.21. The number of hydrogen-bond donors (Lipinski definition) is 2. The second kappa shape index (κ2) is 8.61. The summed E-state index contributed by atoms with van der Waals surface area (Å²) in [6.45, 7) is 7.22. The molecule has 174 valence electrons. The molecule has 1 saturated heterocycles. The van der Waals surface area contributed by atoms with Gasteiger partial charge in [-0.1, -0.05) is 17.7 Å². The van der Waals surface area contributed by atoms with Crippen molar-refractivity contribution in [2.24, 2.45) is 0 Å². The number of hydrogen-bond acceptors (Lipinski definition) is 6. The molecule has 0 unspecified atom stereocenters. The van der Waals surface area contributed by atoms with Crippen LogP contribution in [0, 0.1) is 20.8 Å². The summed E-state index contributed by atoms with van der Waals surface area (Å²) < 4.78 is 5.73. The number of benzene rings is 1. The number of aryl methyl sites for hydroxylation is 3. The van der Waals surface area contributed by atoms with Crippen molar-refractivity contribution >= 4 is 44.7 Å². The van der Waals surface area contributed by atoms with Gasteiger partial charge in [0.2, 0.25) is 0 Å². The minimum absolute atomic E-state index is 0.0812. The number of carbonyl (C=O) groups is 2. The first-order valence-electron chi connectivity index (χ1n) is 11.3. The topological polar surface area (TPSA) is 101 Å². The third-order valence-corrected chi connectivity index (χ3v) is 7.36. The minimum Gasteiger partial charge on any atom is -0.464 e. The first kappa shape index (κ1) is 22.2. The zero-order valence-electron chi connectivity index (χ0n) is 19.4. The van der Waals surface area contributed by atoms with Gasteiger partial charge in [0, 0.05) is 29.7 Å². The van der Waals surface area contributed by atoms with E-state index in [2.05, 4.69) is 5.32 Å². The van der Waals surface area contributed by atoms with Gasteiger partial charge < -0.3 is 20.4 Å². The molecule has 0 radical (unpaired) electrons. The average Bonchev–Trinajstić information content (AvgIpc) is 3.56. The van der Waals surface area contributed by atoms with E-state index in [1.54, 1.807) is 25.3 Å². The van der Waals surface area contributed by atoms with E-state index >= 15 is 0 Å². The van der Waals surface area contributed by atoms with E-state index in [-0.39, 0.29) is 11.8 Å². The Morgan fingerprint density at radius 1 is 1.15 bits per heavy atom. The molecule has 5 rings (SSSR count). The maximum atomic E-state index is 13.6. The van der Waals surface area contributed by atoms with Crippen LogP contribution in [0.3, 0.4) is 0 Å². The molecule has 2 amide bonds.